The Morgan fingerprint density at radius 3 is 2.58 bits per heavy atom. The minimum absolute atomic E-state index is 0.0690. The number of hydrogen-bond acceptors (Lipinski definition) is 3. The van der Waals surface area contributed by atoms with Crippen molar-refractivity contribution in [2.75, 3.05) is 6.54 Å². The van der Waals surface area contributed by atoms with Crippen LogP contribution >= 0.6 is 0 Å². The van der Waals surface area contributed by atoms with Crippen molar-refractivity contribution in [3.63, 3.8) is 0 Å². The highest BCUT2D eigenvalue weighted by atomic mass is 16.2. The van der Waals surface area contributed by atoms with Gasteiger partial charge in [-0.3, -0.25) is 4.79 Å². The van der Waals surface area contributed by atoms with Crippen LogP contribution in [0.2, 0.25) is 0 Å². The SMILES string of the molecule is C[C@@H](Cc1ccccc1)NC(=O)[C@H](N)CCCCN. The van der Waals surface area contributed by atoms with Crippen molar-refractivity contribution in [3.8, 4) is 0 Å². The molecule has 1 aromatic carbocycles. The van der Waals surface area contributed by atoms with E-state index in [1.54, 1.807) is 0 Å². The minimum Gasteiger partial charge on any atom is -0.352 e. The zero-order valence-electron chi connectivity index (χ0n) is 11.6. The lowest BCUT2D eigenvalue weighted by molar-refractivity contribution is -0.123. The first-order chi connectivity index (χ1) is 9.13. The van der Waals surface area contributed by atoms with Crippen LogP contribution in [0.4, 0.5) is 0 Å². The number of unbranched alkanes of at least 4 members (excludes halogenated alkanes) is 1. The predicted molar refractivity (Wildman–Crippen MR) is 78.6 cm³/mol. The van der Waals surface area contributed by atoms with Crippen LogP contribution in [0, 0.1) is 0 Å². The lowest BCUT2D eigenvalue weighted by Gasteiger charge is -2.17. The standard InChI is InChI=1S/C15H25N3O/c1-12(11-13-7-3-2-4-8-13)18-15(19)14(17)9-5-6-10-16/h2-4,7-8,12,14H,5-6,9-11,16-17H2,1H3,(H,18,19)/t12-,14+/m0/s1. The fourth-order valence-electron chi connectivity index (χ4n) is 2.01. The molecule has 0 radical (unpaired) electrons. The van der Waals surface area contributed by atoms with E-state index < -0.39 is 6.04 Å². The van der Waals surface area contributed by atoms with Crippen molar-refractivity contribution in [2.45, 2.75) is 44.7 Å². The van der Waals surface area contributed by atoms with E-state index in [0.717, 1.165) is 19.3 Å². The average Bonchev–Trinajstić information content (AvgIpc) is 2.39. The van der Waals surface area contributed by atoms with E-state index in [-0.39, 0.29) is 11.9 Å². The number of amides is 1. The van der Waals surface area contributed by atoms with E-state index >= 15 is 0 Å². The maximum Gasteiger partial charge on any atom is 0.237 e. The Morgan fingerprint density at radius 1 is 1.26 bits per heavy atom. The van der Waals surface area contributed by atoms with Crippen LogP contribution in [0.3, 0.4) is 0 Å². The number of carbonyl (C=O) groups is 1. The second kappa shape index (κ2) is 8.67. The highest BCUT2D eigenvalue weighted by molar-refractivity contribution is 5.81. The molecule has 0 aliphatic heterocycles. The molecular weight excluding hydrogens is 238 g/mol. The van der Waals surface area contributed by atoms with Gasteiger partial charge in [0, 0.05) is 6.04 Å². The summed E-state index contributed by atoms with van der Waals surface area (Å²) in [6.45, 7) is 2.65. The molecule has 1 amide bonds. The van der Waals surface area contributed by atoms with E-state index in [2.05, 4.69) is 17.4 Å². The molecule has 0 aromatic heterocycles. The molecular formula is C15H25N3O. The zero-order valence-corrected chi connectivity index (χ0v) is 11.6. The van der Waals surface area contributed by atoms with Gasteiger partial charge in [0.15, 0.2) is 0 Å². The molecule has 0 aliphatic rings. The number of hydrogen-bond donors (Lipinski definition) is 3. The van der Waals surface area contributed by atoms with Crippen molar-refractivity contribution >= 4 is 5.91 Å². The van der Waals surface area contributed by atoms with Crippen molar-refractivity contribution in [3.05, 3.63) is 35.9 Å². The molecule has 0 aliphatic carbocycles. The first-order valence-corrected chi connectivity index (χ1v) is 6.93. The molecule has 5 N–H and O–H groups in total. The average molecular weight is 263 g/mol. The van der Waals surface area contributed by atoms with Gasteiger partial charge in [-0.2, -0.15) is 0 Å². The van der Waals surface area contributed by atoms with Crippen LogP contribution in [-0.4, -0.2) is 24.5 Å². The van der Waals surface area contributed by atoms with Crippen molar-refractivity contribution in [1.29, 1.82) is 0 Å². The van der Waals surface area contributed by atoms with E-state index in [1.165, 1.54) is 5.56 Å². The lowest BCUT2D eigenvalue weighted by atomic mass is 10.1. The third-order valence-electron chi connectivity index (χ3n) is 3.08. The van der Waals surface area contributed by atoms with E-state index in [4.69, 9.17) is 11.5 Å². The summed E-state index contributed by atoms with van der Waals surface area (Å²) in [5.74, 6) is -0.0690. The van der Waals surface area contributed by atoms with Gasteiger partial charge in [-0.25, -0.2) is 0 Å². The Labute approximate surface area is 115 Å². The fourth-order valence-corrected chi connectivity index (χ4v) is 2.01. The molecule has 0 heterocycles. The van der Waals surface area contributed by atoms with E-state index in [1.807, 2.05) is 25.1 Å². The molecule has 0 unspecified atom stereocenters. The van der Waals surface area contributed by atoms with Crippen LogP contribution in [0.1, 0.15) is 31.7 Å². The van der Waals surface area contributed by atoms with Gasteiger partial charge in [0.25, 0.3) is 0 Å². The molecule has 0 saturated carbocycles. The van der Waals surface area contributed by atoms with Gasteiger partial charge in [-0.1, -0.05) is 36.8 Å². The first-order valence-electron chi connectivity index (χ1n) is 6.93. The number of nitrogens with two attached hydrogens (primary N) is 2. The Hall–Kier alpha value is -1.39. The van der Waals surface area contributed by atoms with Gasteiger partial charge in [-0.05, 0) is 38.3 Å². The van der Waals surface area contributed by atoms with E-state index in [9.17, 15) is 4.79 Å². The zero-order chi connectivity index (χ0) is 14.1. The summed E-state index contributed by atoms with van der Waals surface area (Å²) in [6.07, 6.45) is 3.34. The number of nitrogens with one attached hydrogen (secondary N) is 1. The molecule has 4 heteroatoms. The maximum absolute atomic E-state index is 11.9. The lowest BCUT2D eigenvalue weighted by Crippen LogP contribution is -2.45. The quantitative estimate of drug-likeness (QED) is 0.616. The second-order valence-electron chi connectivity index (χ2n) is 4.99. The Balaban J connectivity index is 2.31. The van der Waals surface area contributed by atoms with Crippen LogP contribution in [0.5, 0.6) is 0 Å². The Morgan fingerprint density at radius 2 is 1.95 bits per heavy atom. The van der Waals surface area contributed by atoms with Gasteiger partial charge in [0.05, 0.1) is 6.04 Å². The number of rotatable bonds is 8. The van der Waals surface area contributed by atoms with Crippen LogP contribution in [-0.2, 0) is 11.2 Å². The third-order valence-corrected chi connectivity index (χ3v) is 3.08. The molecule has 106 valence electrons. The van der Waals surface area contributed by atoms with Crippen molar-refractivity contribution in [2.24, 2.45) is 11.5 Å². The van der Waals surface area contributed by atoms with Gasteiger partial charge in [0.1, 0.15) is 0 Å². The second-order valence-corrected chi connectivity index (χ2v) is 4.99. The van der Waals surface area contributed by atoms with Gasteiger partial charge in [-0.15, -0.1) is 0 Å². The Kier molecular flexibility index (Phi) is 7.15. The minimum atomic E-state index is -0.426. The summed E-state index contributed by atoms with van der Waals surface area (Å²) < 4.78 is 0. The number of benzene rings is 1. The summed E-state index contributed by atoms with van der Waals surface area (Å²) in [5.41, 5.74) is 12.5. The third kappa shape index (κ3) is 6.36. The highest BCUT2D eigenvalue weighted by Gasteiger charge is 2.15. The fraction of sp³-hybridized carbons (Fsp3) is 0.533. The molecule has 0 bridgehead atoms. The summed E-state index contributed by atoms with van der Waals surface area (Å²) in [7, 11) is 0. The van der Waals surface area contributed by atoms with Crippen molar-refractivity contribution < 1.29 is 4.79 Å². The topological polar surface area (TPSA) is 81.1 Å². The normalized spacial score (nSPS) is 13.8. The predicted octanol–water partition coefficient (Wildman–Crippen LogP) is 1.19. The summed E-state index contributed by atoms with van der Waals surface area (Å²) >= 11 is 0. The smallest absolute Gasteiger partial charge is 0.237 e. The molecule has 19 heavy (non-hydrogen) atoms. The molecule has 1 aromatic rings. The summed E-state index contributed by atoms with van der Waals surface area (Å²) in [4.78, 5) is 11.9. The maximum atomic E-state index is 11.9. The van der Waals surface area contributed by atoms with Crippen LogP contribution < -0.4 is 16.8 Å². The monoisotopic (exact) mass is 263 g/mol. The van der Waals surface area contributed by atoms with Crippen LogP contribution in [0.15, 0.2) is 30.3 Å². The molecule has 0 fully saturated rings. The Bertz CT molecular complexity index is 367. The first kappa shape index (κ1) is 15.7. The summed E-state index contributed by atoms with van der Waals surface area (Å²) in [6, 6.07) is 9.78. The molecule has 4 nitrogen and oxygen atoms in total. The van der Waals surface area contributed by atoms with Gasteiger partial charge >= 0.3 is 0 Å². The molecule has 0 saturated heterocycles. The van der Waals surface area contributed by atoms with Gasteiger partial charge in [0.2, 0.25) is 5.91 Å². The number of carbonyl (C=O) groups excluding carboxylic acids is 1. The molecule has 0 spiro atoms. The highest BCUT2D eigenvalue weighted by Crippen LogP contribution is 2.04. The summed E-state index contributed by atoms with van der Waals surface area (Å²) in [5, 5.41) is 2.96. The molecule has 2 atom stereocenters. The van der Waals surface area contributed by atoms with E-state index in [0.29, 0.717) is 13.0 Å². The van der Waals surface area contributed by atoms with Crippen molar-refractivity contribution in [1.82, 2.24) is 5.32 Å². The van der Waals surface area contributed by atoms with Crippen LogP contribution in [0.25, 0.3) is 0 Å². The largest absolute Gasteiger partial charge is 0.352 e. The molecule has 1 rings (SSSR count). The van der Waals surface area contributed by atoms with Gasteiger partial charge < -0.3 is 16.8 Å².